The highest BCUT2D eigenvalue weighted by Crippen LogP contribution is 2.24. The molecule has 0 spiro atoms. The van der Waals surface area contributed by atoms with E-state index in [9.17, 15) is 4.79 Å². The first-order valence-electron chi connectivity index (χ1n) is 7.36. The maximum absolute atomic E-state index is 12.0. The van der Waals surface area contributed by atoms with Crippen LogP contribution in [0.1, 0.15) is 50.9 Å². The van der Waals surface area contributed by atoms with E-state index in [0.717, 1.165) is 18.5 Å². The summed E-state index contributed by atoms with van der Waals surface area (Å²) in [5.41, 5.74) is 7.63. The van der Waals surface area contributed by atoms with Crippen molar-refractivity contribution in [1.29, 1.82) is 0 Å². The number of rotatable bonds is 7. The average Bonchev–Trinajstić information content (AvgIpc) is 2.42. The molecule has 0 aromatic heterocycles. The minimum atomic E-state index is -0.334. The minimum Gasteiger partial charge on any atom is -0.462 e. The number of anilines is 2. The molecule has 0 saturated heterocycles. The lowest BCUT2D eigenvalue weighted by Gasteiger charge is -2.24. The molecule has 0 heterocycles. The smallest absolute Gasteiger partial charge is 0.340 e. The van der Waals surface area contributed by atoms with E-state index < -0.39 is 0 Å². The number of nitrogen functional groups attached to an aromatic ring is 1. The van der Waals surface area contributed by atoms with Crippen LogP contribution in [0.5, 0.6) is 0 Å². The van der Waals surface area contributed by atoms with E-state index in [0.29, 0.717) is 29.8 Å². The quantitative estimate of drug-likeness (QED) is 0.590. The molecule has 0 aliphatic carbocycles. The third-order valence-corrected chi connectivity index (χ3v) is 3.68. The van der Waals surface area contributed by atoms with Crippen LogP contribution in [0.3, 0.4) is 0 Å². The van der Waals surface area contributed by atoms with E-state index in [4.69, 9.17) is 10.5 Å². The summed E-state index contributed by atoms with van der Waals surface area (Å²) in [6, 6.07) is 5.60. The Labute approximate surface area is 121 Å². The van der Waals surface area contributed by atoms with Crippen molar-refractivity contribution in [2.45, 2.75) is 46.6 Å². The first kappa shape index (κ1) is 16.3. The Morgan fingerprint density at radius 2 is 1.95 bits per heavy atom. The predicted octanol–water partition coefficient (Wildman–Crippen LogP) is 3.68. The molecule has 3 N–H and O–H groups in total. The highest BCUT2D eigenvalue weighted by Gasteiger charge is 2.18. The van der Waals surface area contributed by atoms with Crippen molar-refractivity contribution in [3.63, 3.8) is 0 Å². The summed E-state index contributed by atoms with van der Waals surface area (Å²) < 4.78 is 5.08. The zero-order chi connectivity index (χ0) is 15.1. The van der Waals surface area contributed by atoms with Gasteiger partial charge < -0.3 is 15.8 Å². The van der Waals surface area contributed by atoms with Crippen LogP contribution in [-0.2, 0) is 4.74 Å². The van der Waals surface area contributed by atoms with Gasteiger partial charge in [0.2, 0.25) is 0 Å². The SMILES string of the molecule is CCOC(=O)c1cc(N)ccc1NC(C)C(CC)CC. The summed E-state index contributed by atoms with van der Waals surface area (Å²) in [5.74, 6) is 0.238. The second-order valence-electron chi connectivity index (χ2n) is 5.04. The van der Waals surface area contributed by atoms with Gasteiger partial charge in [-0.05, 0) is 38.0 Å². The van der Waals surface area contributed by atoms with Crippen molar-refractivity contribution in [1.82, 2.24) is 0 Å². The fourth-order valence-electron chi connectivity index (χ4n) is 2.42. The van der Waals surface area contributed by atoms with Crippen molar-refractivity contribution < 1.29 is 9.53 Å². The largest absolute Gasteiger partial charge is 0.462 e. The van der Waals surface area contributed by atoms with Gasteiger partial charge in [0.05, 0.1) is 12.2 Å². The van der Waals surface area contributed by atoms with Crippen LogP contribution < -0.4 is 11.1 Å². The molecule has 0 amide bonds. The zero-order valence-corrected chi connectivity index (χ0v) is 12.9. The van der Waals surface area contributed by atoms with Crippen molar-refractivity contribution in [2.24, 2.45) is 5.92 Å². The van der Waals surface area contributed by atoms with E-state index in [1.165, 1.54) is 0 Å². The lowest BCUT2D eigenvalue weighted by Crippen LogP contribution is -2.26. The Hall–Kier alpha value is -1.71. The van der Waals surface area contributed by atoms with Gasteiger partial charge in [-0.3, -0.25) is 0 Å². The highest BCUT2D eigenvalue weighted by atomic mass is 16.5. The van der Waals surface area contributed by atoms with E-state index in [-0.39, 0.29) is 5.97 Å². The normalized spacial score (nSPS) is 12.2. The molecule has 1 rings (SSSR count). The van der Waals surface area contributed by atoms with E-state index in [1.54, 1.807) is 19.1 Å². The lowest BCUT2D eigenvalue weighted by atomic mass is 9.95. The van der Waals surface area contributed by atoms with Crippen LogP contribution in [0.25, 0.3) is 0 Å². The van der Waals surface area contributed by atoms with Gasteiger partial charge >= 0.3 is 5.97 Å². The molecule has 0 saturated carbocycles. The second kappa shape index (κ2) is 7.78. The minimum absolute atomic E-state index is 0.293. The summed E-state index contributed by atoms with van der Waals surface area (Å²) in [4.78, 5) is 12.0. The average molecular weight is 278 g/mol. The molecule has 4 heteroatoms. The Bertz CT molecular complexity index is 442. The Morgan fingerprint density at radius 3 is 2.50 bits per heavy atom. The molecule has 20 heavy (non-hydrogen) atoms. The molecule has 1 aromatic rings. The fraction of sp³-hybridized carbons (Fsp3) is 0.562. The summed E-state index contributed by atoms with van der Waals surface area (Å²) >= 11 is 0. The zero-order valence-electron chi connectivity index (χ0n) is 12.9. The van der Waals surface area contributed by atoms with Gasteiger partial charge in [-0.25, -0.2) is 4.79 Å². The van der Waals surface area contributed by atoms with Crippen molar-refractivity contribution in [3.8, 4) is 0 Å². The number of benzene rings is 1. The van der Waals surface area contributed by atoms with Gasteiger partial charge in [0.15, 0.2) is 0 Å². The fourth-order valence-corrected chi connectivity index (χ4v) is 2.42. The molecule has 0 fully saturated rings. The predicted molar refractivity (Wildman–Crippen MR) is 84.0 cm³/mol. The summed E-state index contributed by atoms with van der Waals surface area (Å²) in [6.07, 6.45) is 2.21. The van der Waals surface area contributed by atoms with Gasteiger partial charge in [-0.2, -0.15) is 0 Å². The number of ether oxygens (including phenoxy) is 1. The van der Waals surface area contributed by atoms with E-state index in [2.05, 4.69) is 26.1 Å². The summed E-state index contributed by atoms with van der Waals surface area (Å²) in [5, 5.41) is 3.42. The van der Waals surface area contributed by atoms with Crippen LogP contribution >= 0.6 is 0 Å². The molecule has 0 radical (unpaired) electrons. The van der Waals surface area contributed by atoms with Crippen LogP contribution in [0, 0.1) is 5.92 Å². The van der Waals surface area contributed by atoms with E-state index >= 15 is 0 Å². The molecule has 112 valence electrons. The Morgan fingerprint density at radius 1 is 1.30 bits per heavy atom. The number of carbonyl (C=O) groups is 1. The number of nitrogens with two attached hydrogens (primary N) is 1. The maximum Gasteiger partial charge on any atom is 0.340 e. The lowest BCUT2D eigenvalue weighted by molar-refractivity contribution is 0.0527. The van der Waals surface area contributed by atoms with Gasteiger partial charge in [0.25, 0.3) is 0 Å². The van der Waals surface area contributed by atoms with Crippen molar-refractivity contribution in [2.75, 3.05) is 17.7 Å². The van der Waals surface area contributed by atoms with Crippen molar-refractivity contribution >= 4 is 17.3 Å². The van der Waals surface area contributed by atoms with E-state index in [1.807, 2.05) is 6.07 Å². The van der Waals surface area contributed by atoms with Gasteiger partial charge in [-0.15, -0.1) is 0 Å². The number of hydrogen-bond donors (Lipinski definition) is 2. The molecular weight excluding hydrogens is 252 g/mol. The molecule has 1 atom stereocenters. The number of esters is 1. The van der Waals surface area contributed by atoms with Crippen LogP contribution in [0.2, 0.25) is 0 Å². The van der Waals surface area contributed by atoms with Gasteiger partial charge in [-0.1, -0.05) is 26.7 Å². The Balaban J connectivity index is 2.96. The molecule has 0 aliphatic rings. The number of carbonyl (C=O) groups excluding carboxylic acids is 1. The van der Waals surface area contributed by atoms with Gasteiger partial charge in [0.1, 0.15) is 0 Å². The second-order valence-corrected chi connectivity index (χ2v) is 5.04. The molecule has 1 aromatic carbocycles. The third-order valence-electron chi connectivity index (χ3n) is 3.68. The summed E-state index contributed by atoms with van der Waals surface area (Å²) in [6.45, 7) is 8.66. The maximum atomic E-state index is 12.0. The summed E-state index contributed by atoms with van der Waals surface area (Å²) in [7, 11) is 0. The van der Waals surface area contributed by atoms with Crippen LogP contribution in [0.15, 0.2) is 18.2 Å². The molecular formula is C16H26N2O2. The monoisotopic (exact) mass is 278 g/mol. The third kappa shape index (κ3) is 4.15. The molecule has 1 unspecified atom stereocenters. The number of nitrogens with one attached hydrogen (secondary N) is 1. The standard InChI is InChI=1S/C16H26N2O2/c1-5-12(6-2)11(4)18-15-9-8-13(17)10-14(15)16(19)20-7-3/h8-12,18H,5-7,17H2,1-4H3. The Kier molecular flexibility index (Phi) is 6.36. The molecule has 0 aliphatic heterocycles. The highest BCUT2D eigenvalue weighted by molar-refractivity contribution is 5.96. The first-order valence-corrected chi connectivity index (χ1v) is 7.36. The topological polar surface area (TPSA) is 64.3 Å². The van der Waals surface area contributed by atoms with Crippen molar-refractivity contribution in [3.05, 3.63) is 23.8 Å². The molecule has 0 bridgehead atoms. The first-order chi connectivity index (χ1) is 9.53. The number of hydrogen-bond acceptors (Lipinski definition) is 4. The van der Waals surface area contributed by atoms with Crippen LogP contribution in [0.4, 0.5) is 11.4 Å². The van der Waals surface area contributed by atoms with Crippen LogP contribution in [-0.4, -0.2) is 18.6 Å². The molecule has 4 nitrogen and oxygen atoms in total. The van der Waals surface area contributed by atoms with Gasteiger partial charge in [0, 0.05) is 17.4 Å².